The lowest BCUT2D eigenvalue weighted by Gasteiger charge is -2.17. The summed E-state index contributed by atoms with van der Waals surface area (Å²) in [7, 11) is 0. The number of halogens is 2. The van der Waals surface area contributed by atoms with Crippen molar-refractivity contribution in [2.24, 2.45) is 0 Å². The van der Waals surface area contributed by atoms with E-state index in [0.717, 1.165) is 10.8 Å². The molecule has 0 bridgehead atoms. The molecule has 1 aliphatic rings. The maximum absolute atomic E-state index is 13.8. The molecule has 0 amide bonds. The third-order valence-corrected chi connectivity index (χ3v) is 3.56. The van der Waals surface area contributed by atoms with Crippen molar-refractivity contribution >= 4 is 11.0 Å². The highest BCUT2D eigenvalue weighted by molar-refractivity contribution is 5.73. The molecule has 8 nitrogen and oxygen atoms in total. The van der Waals surface area contributed by atoms with Crippen molar-refractivity contribution in [3.05, 3.63) is 38.7 Å². The van der Waals surface area contributed by atoms with E-state index in [4.69, 9.17) is 4.74 Å². The number of aliphatic hydroxyl groups excluding tert-OH is 2. The molecule has 0 aromatic carbocycles. The topological polar surface area (TPSA) is 117 Å². The summed E-state index contributed by atoms with van der Waals surface area (Å²) in [6.07, 6.45) is -3.88. The summed E-state index contributed by atoms with van der Waals surface area (Å²) >= 11 is 0. The lowest BCUT2D eigenvalue weighted by molar-refractivity contribution is -0.0347. The van der Waals surface area contributed by atoms with Crippen LogP contribution in [0.1, 0.15) is 13.2 Å². The van der Waals surface area contributed by atoms with E-state index in [1.807, 2.05) is 4.98 Å². The molecule has 3 rings (SSSR count). The fraction of sp³-hybridized carbons (Fsp3) is 0.417. The molecule has 0 radical (unpaired) electrons. The molecular formula is C12H11F2N3O5. The normalized spacial score (nSPS) is 28.4. The Bertz CT molecular complexity index is 864. The van der Waals surface area contributed by atoms with Gasteiger partial charge in [0.15, 0.2) is 17.7 Å². The number of rotatable bonds is 1. The van der Waals surface area contributed by atoms with Crippen LogP contribution in [0.2, 0.25) is 0 Å². The molecule has 118 valence electrons. The summed E-state index contributed by atoms with van der Waals surface area (Å²) in [5.41, 5.74) is -2.72. The number of ether oxygens (including phenoxy) is 1. The number of aliphatic hydroxyl groups is 2. The molecule has 1 saturated heterocycles. The molecule has 0 saturated carbocycles. The van der Waals surface area contributed by atoms with Crippen LogP contribution in [0.15, 0.2) is 15.8 Å². The van der Waals surface area contributed by atoms with Gasteiger partial charge in [0.05, 0.1) is 11.5 Å². The number of nitrogens with zero attached hydrogens (tertiary/aromatic N) is 2. The van der Waals surface area contributed by atoms with Crippen molar-refractivity contribution < 1.29 is 23.7 Å². The Hall–Kier alpha value is -2.17. The fourth-order valence-electron chi connectivity index (χ4n) is 2.34. The Kier molecular flexibility index (Phi) is 3.31. The second-order valence-corrected chi connectivity index (χ2v) is 4.99. The summed E-state index contributed by atoms with van der Waals surface area (Å²) in [4.78, 5) is 28.4. The minimum absolute atomic E-state index is 0.425. The van der Waals surface area contributed by atoms with Gasteiger partial charge in [0.25, 0.3) is 5.56 Å². The smallest absolute Gasteiger partial charge is 0.351 e. The van der Waals surface area contributed by atoms with Crippen molar-refractivity contribution in [1.29, 1.82) is 0 Å². The van der Waals surface area contributed by atoms with Gasteiger partial charge in [-0.3, -0.25) is 9.36 Å². The first kappa shape index (κ1) is 14.8. The molecule has 0 aliphatic carbocycles. The van der Waals surface area contributed by atoms with Crippen molar-refractivity contribution in [2.75, 3.05) is 0 Å². The van der Waals surface area contributed by atoms with Gasteiger partial charge in [0.1, 0.15) is 12.2 Å². The highest BCUT2D eigenvalue weighted by Crippen LogP contribution is 2.28. The Morgan fingerprint density at radius 2 is 1.95 bits per heavy atom. The molecule has 3 heterocycles. The average molecular weight is 315 g/mol. The Balaban J connectivity index is 2.22. The number of fused-ring (bicyclic) bond motifs is 1. The lowest BCUT2D eigenvalue weighted by Crippen LogP contribution is -2.35. The predicted molar refractivity (Wildman–Crippen MR) is 68.1 cm³/mol. The minimum atomic E-state index is -1.64. The van der Waals surface area contributed by atoms with Gasteiger partial charge in [-0.05, 0) is 6.92 Å². The minimum Gasteiger partial charge on any atom is -0.388 e. The van der Waals surface area contributed by atoms with E-state index in [-0.39, 0.29) is 0 Å². The molecule has 4 atom stereocenters. The van der Waals surface area contributed by atoms with Crippen molar-refractivity contribution in [2.45, 2.75) is 31.5 Å². The van der Waals surface area contributed by atoms with Crippen LogP contribution in [0.5, 0.6) is 0 Å². The van der Waals surface area contributed by atoms with Crippen molar-refractivity contribution in [3.8, 4) is 0 Å². The zero-order valence-corrected chi connectivity index (χ0v) is 11.2. The molecule has 22 heavy (non-hydrogen) atoms. The van der Waals surface area contributed by atoms with Crippen LogP contribution < -0.4 is 11.2 Å². The van der Waals surface area contributed by atoms with Crippen LogP contribution in [-0.4, -0.2) is 43.1 Å². The standard InChI is InChI=1S/C12H11F2N3O5/c1-3-7(18)8(19)11(22-3)17-2-4-5(13)6(14)10(20)15-9(4)16-12(17)21/h2-3,7-8,11,18-19H,1H3,(H,15,16,20,21)/t3-,7?,8+,11-/m1/s1. The van der Waals surface area contributed by atoms with Crippen LogP contribution >= 0.6 is 0 Å². The van der Waals surface area contributed by atoms with E-state index in [1.54, 1.807) is 0 Å². The number of hydrogen-bond acceptors (Lipinski definition) is 6. The van der Waals surface area contributed by atoms with Crippen LogP contribution in [0, 0.1) is 11.6 Å². The fourth-order valence-corrected chi connectivity index (χ4v) is 2.34. The lowest BCUT2D eigenvalue weighted by atomic mass is 10.1. The molecule has 0 spiro atoms. The quantitative estimate of drug-likeness (QED) is 0.621. The Morgan fingerprint density at radius 1 is 1.27 bits per heavy atom. The first-order valence-electron chi connectivity index (χ1n) is 6.33. The third-order valence-electron chi connectivity index (χ3n) is 3.56. The summed E-state index contributed by atoms with van der Waals surface area (Å²) < 4.78 is 33.1. The first-order valence-corrected chi connectivity index (χ1v) is 6.33. The first-order chi connectivity index (χ1) is 10.3. The van der Waals surface area contributed by atoms with Gasteiger partial charge in [-0.25, -0.2) is 9.18 Å². The average Bonchev–Trinajstić information content (AvgIpc) is 2.72. The van der Waals surface area contributed by atoms with E-state index in [1.165, 1.54) is 6.92 Å². The zero-order valence-electron chi connectivity index (χ0n) is 11.2. The Morgan fingerprint density at radius 3 is 2.55 bits per heavy atom. The van der Waals surface area contributed by atoms with Gasteiger partial charge in [0, 0.05) is 6.20 Å². The van der Waals surface area contributed by atoms with Crippen LogP contribution in [-0.2, 0) is 4.74 Å². The Labute approximate surface area is 120 Å². The van der Waals surface area contributed by atoms with Gasteiger partial charge in [-0.2, -0.15) is 9.37 Å². The van der Waals surface area contributed by atoms with Crippen LogP contribution in [0.4, 0.5) is 8.78 Å². The molecule has 2 aromatic rings. The second-order valence-electron chi connectivity index (χ2n) is 4.99. The van der Waals surface area contributed by atoms with Crippen molar-refractivity contribution in [1.82, 2.24) is 14.5 Å². The monoisotopic (exact) mass is 315 g/mol. The van der Waals surface area contributed by atoms with E-state index < -0.39 is 58.5 Å². The summed E-state index contributed by atoms with van der Waals surface area (Å²) in [5, 5.41) is 19.0. The summed E-state index contributed by atoms with van der Waals surface area (Å²) in [5.74, 6) is -3.11. The number of aromatic nitrogens is 3. The molecule has 2 aromatic heterocycles. The second kappa shape index (κ2) is 4.93. The van der Waals surface area contributed by atoms with Gasteiger partial charge in [-0.15, -0.1) is 0 Å². The molecule has 10 heteroatoms. The number of hydrogen-bond donors (Lipinski definition) is 3. The maximum atomic E-state index is 13.8. The molecular weight excluding hydrogens is 304 g/mol. The number of H-pyrrole nitrogens is 1. The van der Waals surface area contributed by atoms with Gasteiger partial charge in [0.2, 0.25) is 5.82 Å². The van der Waals surface area contributed by atoms with E-state index in [2.05, 4.69) is 4.98 Å². The summed E-state index contributed by atoms with van der Waals surface area (Å²) in [6.45, 7) is 1.48. The highest BCUT2D eigenvalue weighted by Gasteiger charge is 2.42. The number of aromatic amines is 1. The van der Waals surface area contributed by atoms with E-state index in [0.29, 0.717) is 0 Å². The van der Waals surface area contributed by atoms with Gasteiger partial charge in [-0.1, -0.05) is 0 Å². The van der Waals surface area contributed by atoms with E-state index in [9.17, 15) is 28.6 Å². The third kappa shape index (κ3) is 2.03. The van der Waals surface area contributed by atoms with Crippen molar-refractivity contribution in [3.63, 3.8) is 0 Å². The van der Waals surface area contributed by atoms with Gasteiger partial charge < -0.3 is 19.9 Å². The zero-order chi connectivity index (χ0) is 16.2. The number of pyridine rings is 1. The summed E-state index contributed by atoms with van der Waals surface area (Å²) in [6, 6.07) is 0. The molecule has 1 unspecified atom stereocenters. The molecule has 1 fully saturated rings. The predicted octanol–water partition coefficient (Wildman–Crippen LogP) is -0.998. The largest absolute Gasteiger partial charge is 0.388 e. The molecule has 3 N–H and O–H groups in total. The highest BCUT2D eigenvalue weighted by atomic mass is 19.2. The SMILES string of the molecule is C[C@H]1O[C@@H](n2cc3c(F)c(F)c(=O)[nH]c3nc2=O)[C@@H](O)C1O. The van der Waals surface area contributed by atoms with E-state index >= 15 is 0 Å². The van der Waals surface area contributed by atoms with Crippen LogP contribution in [0.3, 0.4) is 0 Å². The van der Waals surface area contributed by atoms with Gasteiger partial charge >= 0.3 is 5.69 Å². The van der Waals surface area contributed by atoms with Crippen LogP contribution in [0.25, 0.3) is 11.0 Å². The molecule has 1 aliphatic heterocycles. The maximum Gasteiger partial charge on any atom is 0.351 e. The number of nitrogens with one attached hydrogen (secondary N) is 1.